The molecule has 0 heterocycles. The molecule has 0 unspecified atom stereocenters. The van der Waals surface area contributed by atoms with E-state index in [1.807, 2.05) is 5.32 Å². The molecule has 0 atom stereocenters. The summed E-state index contributed by atoms with van der Waals surface area (Å²) in [4.78, 5) is 32.6. The van der Waals surface area contributed by atoms with Crippen molar-refractivity contribution in [3.63, 3.8) is 0 Å². The molecule has 0 spiro atoms. The van der Waals surface area contributed by atoms with Crippen molar-refractivity contribution in [3.05, 3.63) is 12.0 Å². The van der Waals surface area contributed by atoms with Crippen LogP contribution in [0.1, 0.15) is 13.8 Å². The fourth-order valence-corrected chi connectivity index (χ4v) is 0.736. The van der Waals surface area contributed by atoms with Gasteiger partial charge in [0.2, 0.25) is 0 Å². The summed E-state index contributed by atoms with van der Waals surface area (Å²) in [5, 5.41) is 12.7. The van der Waals surface area contributed by atoms with Gasteiger partial charge in [-0.1, -0.05) is 0 Å². The molecule has 96 valence electrons. The van der Waals surface area contributed by atoms with E-state index in [4.69, 9.17) is 5.11 Å². The second-order valence-corrected chi connectivity index (χ2v) is 2.58. The van der Waals surface area contributed by atoms with E-state index in [1.165, 1.54) is 0 Å². The molecule has 0 aromatic heterocycles. The molecule has 0 aliphatic carbocycles. The molecule has 3 N–H and O–H groups in total. The first-order valence-corrected chi connectivity index (χ1v) is 4.81. The van der Waals surface area contributed by atoms with Gasteiger partial charge < -0.3 is 14.6 Å². The Labute approximate surface area is 97.6 Å². The molecule has 0 rings (SSSR count). The Morgan fingerprint density at radius 3 is 2.00 bits per heavy atom. The van der Waals surface area contributed by atoms with Crippen LogP contribution in [0.4, 0.5) is 9.59 Å². The first-order valence-electron chi connectivity index (χ1n) is 4.81. The van der Waals surface area contributed by atoms with Crippen LogP contribution in [0.15, 0.2) is 12.0 Å². The zero-order valence-corrected chi connectivity index (χ0v) is 9.48. The van der Waals surface area contributed by atoms with Crippen LogP contribution in [0.2, 0.25) is 0 Å². The van der Waals surface area contributed by atoms with Crippen LogP contribution in [-0.2, 0) is 14.3 Å². The standard InChI is InChI=1S/C9H14N2O6/c1-3-16-8(14)10-6(12)5-7(13)11-9(15)17-4-2/h5,12H,3-4H2,1-2H3,(H,10,14)(H,11,13,15)/b6-5-. The monoisotopic (exact) mass is 246 g/mol. The van der Waals surface area contributed by atoms with Crippen molar-refractivity contribution in [1.82, 2.24) is 10.6 Å². The molecule has 0 radical (unpaired) electrons. The smallest absolute Gasteiger partial charge is 0.414 e. The Hall–Kier alpha value is -2.25. The number of carbonyl (C=O) groups excluding carboxylic acids is 3. The van der Waals surface area contributed by atoms with E-state index in [-0.39, 0.29) is 13.2 Å². The van der Waals surface area contributed by atoms with E-state index in [2.05, 4.69) is 9.47 Å². The average Bonchev–Trinajstić information content (AvgIpc) is 2.16. The highest BCUT2D eigenvalue weighted by Crippen LogP contribution is 1.86. The summed E-state index contributed by atoms with van der Waals surface area (Å²) < 4.78 is 8.86. The lowest BCUT2D eigenvalue weighted by atomic mass is 10.5. The Morgan fingerprint density at radius 1 is 1.06 bits per heavy atom. The van der Waals surface area contributed by atoms with Gasteiger partial charge in [-0.15, -0.1) is 0 Å². The first-order chi connectivity index (χ1) is 7.99. The summed E-state index contributed by atoms with van der Waals surface area (Å²) in [5.74, 6) is -1.68. The molecule has 0 aromatic rings. The number of aliphatic hydroxyl groups is 1. The average molecular weight is 246 g/mol. The molecular weight excluding hydrogens is 232 g/mol. The van der Waals surface area contributed by atoms with Gasteiger partial charge in [0.05, 0.1) is 19.3 Å². The maximum Gasteiger partial charge on any atom is 0.414 e. The van der Waals surface area contributed by atoms with Gasteiger partial charge in [0.15, 0.2) is 5.88 Å². The highest BCUT2D eigenvalue weighted by molar-refractivity contribution is 5.98. The van der Waals surface area contributed by atoms with Crippen molar-refractivity contribution in [3.8, 4) is 0 Å². The van der Waals surface area contributed by atoms with Crippen LogP contribution >= 0.6 is 0 Å². The maximum atomic E-state index is 11.0. The third-order valence-corrected chi connectivity index (χ3v) is 1.27. The second kappa shape index (κ2) is 7.97. The molecule has 0 saturated carbocycles. The van der Waals surface area contributed by atoms with Crippen molar-refractivity contribution in [2.45, 2.75) is 13.8 Å². The van der Waals surface area contributed by atoms with Gasteiger partial charge in [0, 0.05) is 0 Å². The summed E-state index contributed by atoms with van der Waals surface area (Å²) in [6.07, 6.45) is -1.25. The van der Waals surface area contributed by atoms with Crippen molar-refractivity contribution in [1.29, 1.82) is 0 Å². The topological polar surface area (TPSA) is 114 Å². The third-order valence-electron chi connectivity index (χ3n) is 1.27. The van der Waals surface area contributed by atoms with Crippen LogP contribution in [-0.4, -0.2) is 36.4 Å². The molecule has 3 amide bonds. The van der Waals surface area contributed by atoms with Gasteiger partial charge in [-0.3, -0.25) is 15.4 Å². The lowest BCUT2D eigenvalue weighted by Crippen LogP contribution is -2.31. The zero-order chi connectivity index (χ0) is 13.3. The lowest BCUT2D eigenvalue weighted by molar-refractivity contribution is -0.116. The highest BCUT2D eigenvalue weighted by Gasteiger charge is 2.08. The number of imide groups is 1. The molecule has 0 aliphatic heterocycles. The van der Waals surface area contributed by atoms with Crippen molar-refractivity contribution in [2.24, 2.45) is 0 Å². The Bertz CT molecular complexity index is 325. The van der Waals surface area contributed by atoms with Crippen LogP contribution in [0, 0.1) is 0 Å². The van der Waals surface area contributed by atoms with Gasteiger partial charge in [-0.25, -0.2) is 9.59 Å². The quantitative estimate of drug-likeness (QED) is 0.488. The van der Waals surface area contributed by atoms with E-state index < -0.39 is 24.0 Å². The molecule has 0 bridgehead atoms. The molecule has 8 nitrogen and oxygen atoms in total. The Balaban J connectivity index is 4.14. The number of hydrogen-bond donors (Lipinski definition) is 3. The van der Waals surface area contributed by atoms with Crippen molar-refractivity contribution in [2.75, 3.05) is 13.2 Å². The van der Waals surface area contributed by atoms with Crippen LogP contribution in [0.3, 0.4) is 0 Å². The molecule has 0 fully saturated rings. The first kappa shape index (κ1) is 14.8. The van der Waals surface area contributed by atoms with E-state index in [0.717, 1.165) is 0 Å². The van der Waals surface area contributed by atoms with E-state index in [1.54, 1.807) is 19.2 Å². The van der Waals surface area contributed by atoms with Gasteiger partial charge in [0.1, 0.15) is 0 Å². The number of nitrogens with one attached hydrogen (secondary N) is 2. The predicted octanol–water partition coefficient (Wildman–Crippen LogP) is 0.405. The summed E-state index contributed by atoms with van der Waals surface area (Å²) in [6, 6.07) is 0. The molecule has 17 heavy (non-hydrogen) atoms. The summed E-state index contributed by atoms with van der Waals surface area (Å²) in [5.41, 5.74) is 0. The van der Waals surface area contributed by atoms with Gasteiger partial charge in [0.25, 0.3) is 5.91 Å². The minimum Gasteiger partial charge on any atom is -0.494 e. The lowest BCUT2D eigenvalue weighted by Gasteiger charge is -2.04. The molecule has 0 aromatic carbocycles. The fourth-order valence-electron chi connectivity index (χ4n) is 0.736. The number of alkyl carbamates (subject to hydrolysis) is 2. The van der Waals surface area contributed by atoms with Gasteiger partial charge >= 0.3 is 12.2 Å². The van der Waals surface area contributed by atoms with Crippen LogP contribution in [0.25, 0.3) is 0 Å². The van der Waals surface area contributed by atoms with Crippen molar-refractivity contribution < 1.29 is 29.0 Å². The number of carbonyl (C=O) groups is 3. The molecule has 0 aliphatic rings. The van der Waals surface area contributed by atoms with Gasteiger partial charge in [-0.2, -0.15) is 0 Å². The molecule has 0 saturated heterocycles. The van der Waals surface area contributed by atoms with Crippen LogP contribution < -0.4 is 10.6 Å². The zero-order valence-electron chi connectivity index (χ0n) is 9.48. The van der Waals surface area contributed by atoms with Crippen LogP contribution in [0.5, 0.6) is 0 Å². The molecule has 8 heteroatoms. The minimum absolute atomic E-state index is 0.107. The van der Waals surface area contributed by atoms with E-state index in [9.17, 15) is 14.4 Å². The number of aliphatic hydroxyl groups excluding tert-OH is 1. The third kappa shape index (κ3) is 7.65. The second-order valence-electron chi connectivity index (χ2n) is 2.58. The maximum absolute atomic E-state index is 11.0. The van der Waals surface area contributed by atoms with Gasteiger partial charge in [-0.05, 0) is 13.8 Å². The van der Waals surface area contributed by atoms with Crippen molar-refractivity contribution >= 4 is 18.1 Å². The number of ether oxygens (including phenoxy) is 2. The summed E-state index contributed by atoms with van der Waals surface area (Å²) in [6.45, 7) is 3.37. The summed E-state index contributed by atoms with van der Waals surface area (Å²) in [7, 11) is 0. The number of rotatable bonds is 4. The van der Waals surface area contributed by atoms with E-state index >= 15 is 0 Å². The highest BCUT2D eigenvalue weighted by atomic mass is 16.6. The summed E-state index contributed by atoms with van der Waals surface area (Å²) >= 11 is 0. The fraction of sp³-hybridized carbons (Fsp3) is 0.444. The predicted molar refractivity (Wildman–Crippen MR) is 56.0 cm³/mol. The SMILES string of the molecule is CCOC(=O)NC(=O)/C=C(\O)NC(=O)OCC. The normalized spacial score (nSPS) is 10.4. The number of hydrogen-bond acceptors (Lipinski definition) is 6. The Morgan fingerprint density at radius 2 is 1.53 bits per heavy atom. The number of amides is 3. The molecular formula is C9H14N2O6. The van der Waals surface area contributed by atoms with E-state index in [0.29, 0.717) is 6.08 Å². The Kier molecular flexibility index (Phi) is 6.91. The minimum atomic E-state index is -0.947. The largest absolute Gasteiger partial charge is 0.494 e.